The maximum atomic E-state index is 13.7. The first kappa shape index (κ1) is 31.1. The molecule has 0 fully saturated rings. The lowest BCUT2D eigenvalue weighted by molar-refractivity contribution is 0.0341. The monoisotopic (exact) mass is 597 g/mol. The van der Waals surface area contributed by atoms with Crippen molar-refractivity contribution in [1.82, 2.24) is 9.80 Å². The number of benzene rings is 3. The molecular weight excluding hydrogens is 558 g/mol. The summed E-state index contributed by atoms with van der Waals surface area (Å²) in [6, 6.07) is 18.2. The number of hydrogen-bond acceptors (Lipinski definition) is 8. The second-order valence-electron chi connectivity index (χ2n) is 10.7. The highest BCUT2D eigenvalue weighted by atomic mass is 32.2. The van der Waals surface area contributed by atoms with Crippen molar-refractivity contribution >= 4 is 21.6 Å². The van der Waals surface area contributed by atoms with Crippen LogP contribution in [0.4, 0.5) is 5.69 Å². The van der Waals surface area contributed by atoms with Crippen LogP contribution in [0.15, 0.2) is 71.6 Å². The number of aliphatic hydroxyl groups excluding tert-OH is 1. The van der Waals surface area contributed by atoms with E-state index < -0.39 is 16.1 Å². The van der Waals surface area contributed by atoms with Gasteiger partial charge in [0.15, 0.2) is 0 Å². The minimum Gasteiger partial charge on any atom is -0.497 e. The second-order valence-corrected chi connectivity index (χ2v) is 12.3. The summed E-state index contributed by atoms with van der Waals surface area (Å²) in [6.07, 6.45) is -0.282. The zero-order valence-electron chi connectivity index (χ0n) is 24.6. The zero-order valence-corrected chi connectivity index (χ0v) is 25.4. The average Bonchev–Trinajstić information content (AvgIpc) is 2.99. The molecule has 1 heterocycles. The molecule has 3 atom stereocenters. The standard InChI is InChI=1S/C31H39N3O7S/c1-21-17-34(22(2)20-35)31(36)28-16-24(32-42(37,38)27-13-11-26(40-5)12-14-27)8-15-29(28)41-30(21)19-33(3)18-23-6-9-25(39-4)10-7-23/h6-16,21-22,30,32,35H,17-20H2,1-5H3/t21-,22-,30-/m0/s1. The third-order valence-electron chi connectivity index (χ3n) is 7.39. The molecule has 4 rings (SSSR count). The van der Waals surface area contributed by atoms with Crippen molar-refractivity contribution in [2.45, 2.75) is 37.4 Å². The van der Waals surface area contributed by atoms with Crippen LogP contribution in [0.2, 0.25) is 0 Å². The van der Waals surface area contributed by atoms with Gasteiger partial charge in [-0.3, -0.25) is 14.4 Å². The first-order valence-electron chi connectivity index (χ1n) is 13.8. The lowest BCUT2D eigenvalue weighted by Gasteiger charge is -2.38. The SMILES string of the molecule is COc1ccc(CN(C)C[C@@H]2Oc3ccc(NS(=O)(=O)c4ccc(OC)cc4)cc3C(=O)N([C@@H](C)CO)C[C@@H]2C)cc1. The number of aliphatic hydroxyl groups is 1. The van der Waals surface area contributed by atoms with E-state index in [2.05, 4.69) is 9.62 Å². The molecule has 0 aliphatic carbocycles. The van der Waals surface area contributed by atoms with E-state index in [0.717, 1.165) is 11.3 Å². The third kappa shape index (κ3) is 7.33. The Labute approximate surface area is 247 Å². The predicted molar refractivity (Wildman–Crippen MR) is 161 cm³/mol. The fraction of sp³-hybridized carbons (Fsp3) is 0.387. The topological polar surface area (TPSA) is 118 Å². The van der Waals surface area contributed by atoms with E-state index in [1.54, 1.807) is 43.2 Å². The van der Waals surface area contributed by atoms with Gasteiger partial charge in [-0.05, 0) is 74.1 Å². The van der Waals surface area contributed by atoms with E-state index in [0.29, 0.717) is 31.1 Å². The summed E-state index contributed by atoms with van der Waals surface area (Å²) in [5, 5.41) is 9.94. The van der Waals surface area contributed by atoms with Gasteiger partial charge in [-0.15, -0.1) is 0 Å². The fourth-order valence-corrected chi connectivity index (χ4v) is 5.94. The molecule has 1 aliphatic heterocycles. The van der Waals surface area contributed by atoms with Crippen LogP contribution < -0.4 is 18.9 Å². The van der Waals surface area contributed by atoms with E-state index >= 15 is 0 Å². The van der Waals surface area contributed by atoms with Gasteiger partial charge in [-0.1, -0.05) is 19.1 Å². The van der Waals surface area contributed by atoms with Crippen LogP contribution in [-0.4, -0.2) is 82.3 Å². The number of carbonyl (C=O) groups excluding carboxylic acids is 1. The predicted octanol–water partition coefficient (Wildman–Crippen LogP) is 3.86. The van der Waals surface area contributed by atoms with Gasteiger partial charge < -0.3 is 24.2 Å². The summed E-state index contributed by atoms with van der Waals surface area (Å²) in [4.78, 5) is 17.6. The molecule has 0 saturated heterocycles. The number of ether oxygens (including phenoxy) is 3. The van der Waals surface area contributed by atoms with E-state index in [1.807, 2.05) is 38.2 Å². The maximum Gasteiger partial charge on any atom is 0.261 e. The largest absolute Gasteiger partial charge is 0.497 e. The molecule has 0 bridgehead atoms. The third-order valence-corrected chi connectivity index (χ3v) is 8.79. The molecule has 0 radical (unpaired) electrons. The van der Waals surface area contributed by atoms with Gasteiger partial charge in [-0.25, -0.2) is 8.42 Å². The lowest BCUT2D eigenvalue weighted by Crippen LogP contribution is -2.49. The van der Waals surface area contributed by atoms with E-state index in [4.69, 9.17) is 14.2 Å². The number of methoxy groups -OCH3 is 2. The molecule has 0 aromatic heterocycles. The number of likely N-dealkylation sites (N-methyl/N-ethyl adjacent to an activating group) is 1. The van der Waals surface area contributed by atoms with Crippen LogP contribution in [0.3, 0.4) is 0 Å². The molecule has 0 unspecified atom stereocenters. The van der Waals surface area contributed by atoms with Gasteiger partial charge in [0.25, 0.3) is 15.9 Å². The molecule has 0 spiro atoms. The maximum absolute atomic E-state index is 13.7. The van der Waals surface area contributed by atoms with Gasteiger partial charge in [0.1, 0.15) is 23.4 Å². The first-order chi connectivity index (χ1) is 20.0. The van der Waals surface area contributed by atoms with Crippen LogP contribution in [0.1, 0.15) is 29.8 Å². The Morgan fingerprint density at radius 1 is 1.05 bits per heavy atom. The summed E-state index contributed by atoms with van der Waals surface area (Å²) >= 11 is 0. The van der Waals surface area contributed by atoms with Crippen molar-refractivity contribution in [2.75, 3.05) is 45.7 Å². The van der Waals surface area contributed by atoms with Gasteiger partial charge >= 0.3 is 0 Å². The number of nitrogens with one attached hydrogen (secondary N) is 1. The van der Waals surface area contributed by atoms with Crippen LogP contribution in [0.5, 0.6) is 17.2 Å². The van der Waals surface area contributed by atoms with Crippen molar-refractivity contribution in [3.63, 3.8) is 0 Å². The highest BCUT2D eigenvalue weighted by Crippen LogP contribution is 2.32. The highest BCUT2D eigenvalue weighted by Gasteiger charge is 2.33. The van der Waals surface area contributed by atoms with Crippen LogP contribution in [0, 0.1) is 5.92 Å². The number of sulfonamides is 1. The molecular formula is C31H39N3O7S. The summed E-state index contributed by atoms with van der Waals surface area (Å²) in [5.41, 5.74) is 1.57. The fourth-order valence-electron chi connectivity index (χ4n) is 4.89. The van der Waals surface area contributed by atoms with Crippen LogP contribution in [0.25, 0.3) is 0 Å². The van der Waals surface area contributed by atoms with Crippen LogP contribution >= 0.6 is 0 Å². The Balaban J connectivity index is 1.60. The quantitative estimate of drug-likeness (QED) is 0.342. The Bertz CT molecular complexity index is 1460. The van der Waals surface area contributed by atoms with Crippen molar-refractivity contribution < 1.29 is 32.5 Å². The van der Waals surface area contributed by atoms with Crippen molar-refractivity contribution in [1.29, 1.82) is 0 Å². The number of amides is 1. The molecule has 3 aromatic carbocycles. The molecule has 2 N–H and O–H groups in total. The highest BCUT2D eigenvalue weighted by molar-refractivity contribution is 7.92. The lowest BCUT2D eigenvalue weighted by atomic mass is 9.99. The van der Waals surface area contributed by atoms with E-state index in [-0.39, 0.29) is 40.7 Å². The molecule has 3 aromatic rings. The van der Waals surface area contributed by atoms with Gasteiger partial charge in [-0.2, -0.15) is 0 Å². The Kier molecular flexibility index (Phi) is 9.97. The number of nitrogens with zero attached hydrogens (tertiary/aromatic N) is 2. The van der Waals surface area contributed by atoms with Crippen molar-refractivity contribution in [2.24, 2.45) is 5.92 Å². The Morgan fingerprint density at radius 3 is 2.26 bits per heavy atom. The average molecular weight is 598 g/mol. The molecule has 0 saturated carbocycles. The van der Waals surface area contributed by atoms with Crippen molar-refractivity contribution in [3.8, 4) is 17.2 Å². The van der Waals surface area contributed by atoms with E-state index in [9.17, 15) is 18.3 Å². The molecule has 1 amide bonds. The zero-order chi connectivity index (χ0) is 30.4. The van der Waals surface area contributed by atoms with Gasteiger partial charge in [0, 0.05) is 31.2 Å². The Morgan fingerprint density at radius 2 is 1.67 bits per heavy atom. The molecule has 226 valence electrons. The summed E-state index contributed by atoms with van der Waals surface area (Å²) < 4.78 is 45.5. The number of hydrogen-bond donors (Lipinski definition) is 2. The number of rotatable bonds is 11. The minimum absolute atomic E-state index is 0.0531. The summed E-state index contributed by atoms with van der Waals surface area (Å²) in [7, 11) is 1.22. The molecule has 42 heavy (non-hydrogen) atoms. The normalized spacial score (nSPS) is 18.0. The Hall–Kier alpha value is -3.80. The van der Waals surface area contributed by atoms with E-state index in [1.165, 1.54) is 25.3 Å². The van der Waals surface area contributed by atoms with Gasteiger partial charge in [0.2, 0.25) is 0 Å². The summed E-state index contributed by atoms with van der Waals surface area (Å²) in [6.45, 7) is 5.23. The minimum atomic E-state index is -3.93. The molecule has 11 heteroatoms. The molecule has 10 nitrogen and oxygen atoms in total. The number of carbonyl (C=O) groups is 1. The van der Waals surface area contributed by atoms with Gasteiger partial charge in [0.05, 0.1) is 37.3 Å². The van der Waals surface area contributed by atoms with Crippen molar-refractivity contribution in [3.05, 3.63) is 77.9 Å². The summed E-state index contributed by atoms with van der Waals surface area (Å²) in [5.74, 6) is 1.30. The second kappa shape index (κ2) is 13.5. The van der Waals surface area contributed by atoms with Crippen LogP contribution in [-0.2, 0) is 16.6 Å². The smallest absolute Gasteiger partial charge is 0.261 e. The number of anilines is 1. The number of fused-ring (bicyclic) bond motifs is 1. The first-order valence-corrected chi connectivity index (χ1v) is 15.2. The molecule has 1 aliphatic rings.